The Labute approximate surface area is 443 Å². The smallest absolute Gasteiger partial charge is 0.335 e. The van der Waals surface area contributed by atoms with Crippen molar-refractivity contribution in [1.29, 1.82) is 0 Å². The van der Waals surface area contributed by atoms with Gasteiger partial charge in [-0.05, 0) is 77.0 Å². The fraction of sp³-hybridized carbons (Fsp3) is 0.770. The summed E-state index contributed by atoms with van der Waals surface area (Å²) in [5, 5.41) is 31.4. The van der Waals surface area contributed by atoms with Gasteiger partial charge in [0.2, 0.25) is 0 Å². The molecule has 0 radical (unpaired) electrons. The molecule has 1 heterocycles. The van der Waals surface area contributed by atoms with E-state index in [4.69, 9.17) is 23.7 Å². The summed E-state index contributed by atoms with van der Waals surface area (Å²) in [6.45, 7) is 5.82. The Morgan fingerprint density at radius 2 is 0.877 bits per heavy atom. The minimum atomic E-state index is -1.91. The van der Waals surface area contributed by atoms with Gasteiger partial charge in [0.05, 0.1) is 6.61 Å². The van der Waals surface area contributed by atoms with Crippen LogP contribution in [0.1, 0.15) is 252 Å². The first-order valence-electron chi connectivity index (χ1n) is 29.3. The van der Waals surface area contributed by atoms with Crippen molar-refractivity contribution in [2.24, 2.45) is 0 Å². The number of allylic oxidation sites excluding steroid dienone is 10. The third-order valence-electron chi connectivity index (χ3n) is 13.1. The monoisotopic (exact) mass is 1030 g/mol. The van der Waals surface area contributed by atoms with Gasteiger partial charge in [0.25, 0.3) is 0 Å². The molecule has 0 aliphatic carbocycles. The molecule has 1 fully saturated rings. The predicted octanol–water partition coefficient (Wildman–Crippen LogP) is 14.8. The number of aliphatic hydroxyl groups is 2. The lowest BCUT2D eigenvalue weighted by atomic mass is 9.98. The second-order valence-electron chi connectivity index (χ2n) is 19.9. The number of ether oxygens (including phenoxy) is 5. The van der Waals surface area contributed by atoms with Gasteiger partial charge >= 0.3 is 23.9 Å². The van der Waals surface area contributed by atoms with Crippen molar-refractivity contribution in [2.45, 2.75) is 289 Å². The second-order valence-corrected chi connectivity index (χ2v) is 19.9. The van der Waals surface area contributed by atoms with Crippen LogP contribution in [0.5, 0.6) is 0 Å². The fourth-order valence-corrected chi connectivity index (χ4v) is 8.58. The number of rotatable bonds is 49. The van der Waals surface area contributed by atoms with E-state index in [2.05, 4.69) is 81.5 Å². The molecule has 0 amide bonds. The quantitative estimate of drug-likeness (QED) is 0.0228. The minimum absolute atomic E-state index is 0.0477. The van der Waals surface area contributed by atoms with Gasteiger partial charge in [0.15, 0.2) is 24.6 Å². The van der Waals surface area contributed by atoms with Crippen LogP contribution in [-0.4, -0.2) is 89.2 Å². The summed E-state index contributed by atoms with van der Waals surface area (Å²) in [6, 6.07) is 0. The zero-order valence-corrected chi connectivity index (χ0v) is 46.1. The molecule has 6 unspecified atom stereocenters. The molecule has 1 rings (SSSR count). The average Bonchev–Trinajstić information content (AvgIpc) is 3.37. The number of hydrogen-bond acceptors (Lipinski definition) is 11. The molecule has 0 aromatic carbocycles. The van der Waals surface area contributed by atoms with Gasteiger partial charge in [0, 0.05) is 19.3 Å². The van der Waals surface area contributed by atoms with Crippen molar-refractivity contribution < 1.29 is 58.2 Å². The molecule has 420 valence electrons. The molecular weight excluding hydrogens is 925 g/mol. The van der Waals surface area contributed by atoms with Gasteiger partial charge < -0.3 is 39.0 Å². The van der Waals surface area contributed by atoms with Crippen LogP contribution in [0.2, 0.25) is 0 Å². The first kappa shape index (κ1) is 67.4. The summed E-state index contributed by atoms with van der Waals surface area (Å²) in [4.78, 5) is 51.0. The molecule has 12 nitrogen and oxygen atoms in total. The normalized spacial score (nSPS) is 18.7. The number of esters is 3. The van der Waals surface area contributed by atoms with Gasteiger partial charge in [-0.15, -0.1) is 0 Å². The Hall–Kier alpha value is -3.58. The standard InChI is InChI=1S/C61H104O12/c1-4-7-10-13-16-19-22-24-26-27-29-30-33-35-38-41-44-47-53(62)69-50-52(71-54(63)48-45-42-39-37-34-31-28-25-23-20-17-14-11-8-5-2)51-70-61-59(57(66)56(65)58(73-61)60(67)68)72-55(64)49-46-43-40-36-32-21-18-15-12-9-6-3/h7,10,15-16,18-19,24,26,29-30,52,56-59,61,65-66H,4-6,8-9,11-14,17,20-23,25,27-28,31-51H2,1-3H3,(H,67,68)/b10-7-,18-15-,19-16-,26-24-,30-29-. The van der Waals surface area contributed by atoms with E-state index in [1.807, 2.05) is 0 Å². The van der Waals surface area contributed by atoms with Crippen LogP contribution in [0.25, 0.3) is 0 Å². The Morgan fingerprint density at radius 1 is 0.466 bits per heavy atom. The Morgan fingerprint density at radius 3 is 1.37 bits per heavy atom. The van der Waals surface area contributed by atoms with E-state index < -0.39 is 67.3 Å². The van der Waals surface area contributed by atoms with E-state index >= 15 is 0 Å². The lowest BCUT2D eigenvalue weighted by Crippen LogP contribution is -2.61. The third kappa shape index (κ3) is 39.5. The van der Waals surface area contributed by atoms with E-state index in [0.29, 0.717) is 19.3 Å². The summed E-state index contributed by atoms with van der Waals surface area (Å²) in [6.07, 6.45) is 47.7. The van der Waals surface area contributed by atoms with Crippen molar-refractivity contribution in [1.82, 2.24) is 0 Å². The molecule has 1 aliphatic heterocycles. The fourth-order valence-electron chi connectivity index (χ4n) is 8.58. The van der Waals surface area contributed by atoms with Crippen LogP contribution in [0.4, 0.5) is 0 Å². The highest BCUT2D eigenvalue weighted by Crippen LogP contribution is 2.26. The second kappa shape index (κ2) is 49.3. The highest BCUT2D eigenvalue weighted by molar-refractivity contribution is 5.74. The number of carboxylic acid groups (broad SMARTS) is 1. The molecular formula is C61H104O12. The van der Waals surface area contributed by atoms with Crippen molar-refractivity contribution in [3.63, 3.8) is 0 Å². The Balaban J connectivity index is 2.71. The Bertz CT molecular complexity index is 1500. The number of carboxylic acids is 1. The maximum Gasteiger partial charge on any atom is 0.335 e. The van der Waals surface area contributed by atoms with Crippen LogP contribution < -0.4 is 0 Å². The zero-order valence-electron chi connectivity index (χ0n) is 46.1. The summed E-state index contributed by atoms with van der Waals surface area (Å²) < 4.78 is 28.4. The van der Waals surface area contributed by atoms with E-state index in [0.717, 1.165) is 109 Å². The molecule has 0 aromatic heterocycles. The van der Waals surface area contributed by atoms with Crippen molar-refractivity contribution >= 4 is 23.9 Å². The molecule has 0 spiro atoms. The number of carbonyl (C=O) groups excluding carboxylic acids is 3. The van der Waals surface area contributed by atoms with Crippen molar-refractivity contribution in [3.05, 3.63) is 60.8 Å². The van der Waals surface area contributed by atoms with Gasteiger partial charge in [-0.25, -0.2) is 4.79 Å². The molecule has 3 N–H and O–H groups in total. The molecule has 0 bridgehead atoms. The van der Waals surface area contributed by atoms with E-state index in [1.165, 1.54) is 83.5 Å². The zero-order chi connectivity index (χ0) is 53.3. The first-order valence-corrected chi connectivity index (χ1v) is 29.3. The summed E-state index contributed by atoms with van der Waals surface area (Å²) in [5.41, 5.74) is 0. The average molecular weight is 1030 g/mol. The largest absolute Gasteiger partial charge is 0.479 e. The maximum absolute atomic E-state index is 13.1. The van der Waals surface area contributed by atoms with Gasteiger partial charge in [-0.1, -0.05) is 216 Å². The van der Waals surface area contributed by atoms with Crippen LogP contribution >= 0.6 is 0 Å². The minimum Gasteiger partial charge on any atom is -0.479 e. The molecule has 1 saturated heterocycles. The highest BCUT2D eigenvalue weighted by atomic mass is 16.7. The Kier molecular flexibility index (Phi) is 45.5. The summed E-state index contributed by atoms with van der Waals surface area (Å²) in [7, 11) is 0. The molecule has 0 aromatic rings. The highest BCUT2D eigenvalue weighted by Gasteiger charge is 2.50. The number of aliphatic hydroxyl groups excluding tert-OH is 2. The van der Waals surface area contributed by atoms with Gasteiger partial charge in [-0.2, -0.15) is 0 Å². The van der Waals surface area contributed by atoms with Crippen LogP contribution in [-0.2, 0) is 42.9 Å². The first-order chi connectivity index (χ1) is 35.6. The molecule has 73 heavy (non-hydrogen) atoms. The van der Waals surface area contributed by atoms with Gasteiger partial charge in [-0.3, -0.25) is 14.4 Å². The molecule has 0 saturated carbocycles. The number of unbranched alkanes of at least 4 members (excludes halogenated alkanes) is 25. The topological polar surface area (TPSA) is 175 Å². The number of aliphatic carboxylic acids is 1. The third-order valence-corrected chi connectivity index (χ3v) is 13.1. The van der Waals surface area contributed by atoms with E-state index in [1.54, 1.807) is 0 Å². The lowest BCUT2D eigenvalue weighted by Gasteiger charge is -2.40. The van der Waals surface area contributed by atoms with Crippen LogP contribution in [0.15, 0.2) is 60.8 Å². The lowest BCUT2D eigenvalue weighted by molar-refractivity contribution is -0.301. The molecule has 6 atom stereocenters. The van der Waals surface area contributed by atoms with Crippen LogP contribution in [0.3, 0.4) is 0 Å². The van der Waals surface area contributed by atoms with E-state index in [9.17, 15) is 34.5 Å². The van der Waals surface area contributed by atoms with E-state index in [-0.39, 0.29) is 25.9 Å². The number of hydrogen-bond donors (Lipinski definition) is 3. The maximum atomic E-state index is 13.1. The predicted molar refractivity (Wildman–Crippen MR) is 294 cm³/mol. The van der Waals surface area contributed by atoms with Crippen molar-refractivity contribution in [3.8, 4) is 0 Å². The SMILES string of the molecule is CC/C=C\C/C=C\C/C=C\C/C=C\CCCCCCC(=O)OCC(COC1OC(C(=O)O)C(O)C(O)C1OC(=O)CCCCCCC/C=C\CCCC)OC(=O)CCCCCCCCCCCCCCCCC. The van der Waals surface area contributed by atoms with Crippen LogP contribution in [0, 0.1) is 0 Å². The van der Waals surface area contributed by atoms with Gasteiger partial charge in [0.1, 0.15) is 18.8 Å². The molecule has 1 aliphatic rings. The number of carbonyl (C=O) groups is 4. The van der Waals surface area contributed by atoms with Crippen molar-refractivity contribution in [2.75, 3.05) is 13.2 Å². The summed E-state index contributed by atoms with van der Waals surface area (Å²) in [5.74, 6) is -3.15. The molecule has 12 heteroatoms. The summed E-state index contributed by atoms with van der Waals surface area (Å²) >= 11 is 0.